The number of aryl methyl sites for hydroxylation is 1. The number of aromatic nitrogens is 2. The second-order valence-corrected chi connectivity index (χ2v) is 5.65. The fourth-order valence-corrected chi connectivity index (χ4v) is 2.63. The zero-order chi connectivity index (χ0) is 17.1. The molecule has 0 bridgehead atoms. The van der Waals surface area contributed by atoms with E-state index in [2.05, 4.69) is 21.0 Å². The van der Waals surface area contributed by atoms with Crippen LogP contribution < -0.4 is 11.5 Å². The molecule has 8 heteroatoms. The molecule has 2 aromatic rings. The summed E-state index contributed by atoms with van der Waals surface area (Å²) in [7, 11) is 0. The quantitative estimate of drug-likeness (QED) is 0.770. The highest BCUT2D eigenvalue weighted by Gasteiger charge is 2.27. The van der Waals surface area contributed by atoms with E-state index in [-0.39, 0.29) is 23.7 Å². The minimum atomic E-state index is -0.804. The molecule has 0 unspecified atom stereocenters. The van der Waals surface area contributed by atoms with E-state index in [1.807, 2.05) is 19.1 Å². The molecular formula is C15H17BrN4O3. The lowest BCUT2D eigenvalue weighted by atomic mass is 10.1. The molecule has 23 heavy (non-hydrogen) atoms. The number of ether oxygens (including phenoxy) is 1. The van der Waals surface area contributed by atoms with Gasteiger partial charge in [-0.2, -0.15) is 5.10 Å². The predicted octanol–water partition coefficient (Wildman–Crippen LogP) is 2.05. The third-order valence-corrected chi connectivity index (χ3v) is 3.77. The van der Waals surface area contributed by atoms with Gasteiger partial charge in [-0.25, -0.2) is 9.48 Å². The number of esters is 1. The van der Waals surface area contributed by atoms with Crippen LogP contribution in [0.4, 0.5) is 5.69 Å². The molecule has 2 rings (SSSR count). The molecule has 0 spiro atoms. The molecule has 0 saturated carbocycles. The third-order valence-electron chi connectivity index (χ3n) is 3.27. The third kappa shape index (κ3) is 3.21. The van der Waals surface area contributed by atoms with E-state index in [1.54, 1.807) is 13.0 Å². The Hall–Kier alpha value is -2.35. The second kappa shape index (κ2) is 6.82. The molecule has 0 fully saturated rings. The molecule has 1 amide bonds. The van der Waals surface area contributed by atoms with Crippen LogP contribution in [0.1, 0.15) is 40.4 Å². The standard InChI is InChI=1S/C15H17BrN4O3/c1-3-8-7-9(16)5-6-10(8)20-13(15(22)23-4-2)11(17)12(19-20)14(18)21/h5-7H,3-4,17H2,1-2H3,(H2,18,21). The van der Waals surface area contributed by atoms with Crippen molar-refractivity contribution in [2.24, 2.45) is 5.73 Å². The lowest BCUT2D eigenvalue weighted by Crippen LogP contribution is -2.15. The van der Waals surface area contributed by atoms with Crippen LogP contribution in [0.15, 0.2) is 22.7 Å². The van der Waals surface area contributed by atoms with Gasteiger partial charge in [-0.3, -0.25) is 4.79 Å². The highest BCUT2D eigenvalue weighted by molar-refractivity contribution is 9.10. The van der Waals surface area contributed by atoms with Gasteiger partial charge in [-0.15, -0.1) is 0 Å². The summed E-state index contributed by atoms with van der Waals surface area (Å²) < 4.78 is 7.23. The van der Waals surface area contributed by atoms with Gasteiger partial charge in [0.05, 0.1) is 18.0 Å². The molecule has 1 aromatic heterocycles. The molecule has 1 heterocycles. The molecule has 0 radical (unpaired) electrons. The number of carbonyl (C=O) groups is 2. The first-order chi connectivity index (χ1) is 10.9. The van der Waals surface area contributed by atoms with Gasteiger partial charge in [0, 0.05) is 4.47 Å². The van der Waals surface area contributed by atoms with Gasteiger partial charge >= 0.3 is 5.97 Å². The largest absolute Gasteiger partial charge is 0.461 e. The van der Waals surface area contributed by atoms with Crippen LogP contribution in [0.25, 0.3) is 5.69 Å². The summed E-state index contributed by atoms with van der Waals surface area (Å²) in [4.78, 5) is 23.8. The monoisotopic (exact) mass is 380 g/mol. The highest BCUT2D eigenvalue weighted by atomic mass is 79.9. The number of primary amides is 1. The van der Waals surface area contributed by atoms with Crippen molar-refractivity contribution in [2.45, 2.75) is 20.3 Å². The molecule has 1 aromatic carbocycles. The molecule has 0 saturated heterocycles. The van der Waals surface area contributed by atoms with Gasteiger partial charge in [-0.1, -0.05) is 22.9 Å². The number of halogens is 1. The molecule has 0 aliphatic carbocycles. The molecule has 0 aliphatic rings. The molecular weight excluding hydrogens is 364 g/mol. The average molecular weight is 381 g/mol. The summed E-state index contributed by atoms with van der Waals surface area (Å²) >= 11 is 3.40. The van der Waals surface area contributed by atoms with Crippen LogP contribution in [0, 0.1) is 0 Å². The van der Waals surface area contributed by atoms with Crippen LogP contribution in [0.5, 0.6) is 0 Å². The van der Waals surface area contributed by atoms with E-state index >= 15 is 0 Å². The molecule has 7 nitrogen and oxygen atoms in total. The maximum Gasteiger partial charge on any atom is 0.359 e. The van der Waals surface area contributed by atoms with Crippen molar-refractivity contribution in [3.05, 3.63) is 39.6 Å². The van der Waals surface area contributed by atoms with E-state index in [4.69, 9.17) is 16.2 Å². The van der Waals surface area contributed by atoms with Crippen molar-refractivity contribution in [3.63, 3.8) is 0 Å². The summed E-state index contributed by atoms with van der Waals surface area (Å²) in [5, 5.41) is 4.12. The van der Waals surface area contributed by atoms with Crippen molar-refractivity contribution in [1.82, 2.24) is 9.78 Å². The number of nitrogens with zero attached hydrogens (tertiary/aromatic N) is 2. The number of nitrogens with two attached hydrogens (primary N) is 2. The summed E-state index contributed by atoms with van der Waals surface area (Å²) in [6.07, 6.45) is 0.697. The molecule has 4 N–H and O–H groups in total. The van der Waals surface area contributed by atoms with Crippen molar-refractivity contribution < 1.29 is 14.3 Å². The number of nitrogen functional groups attached to an aromatic ring is 1. The Labute approximate surface area is 141 Å². The fourth-order valence-electron chi connectivity index (χ4n) is 2.23. The Morgan fingerprint density at radius 3 is 2.61 bits per heavy atom. The fraction of sp³-hybridized carbons (Fsp3) is 0.267. The summed E-state index contributed by atoms with van der Waals surface area (Å²) in [5.41, 5.74) is 12.5. The van der Waals surface area contributed by atoms with Crippen molar-refractivity contribution in [2.75, 3.05) is 12.3 Å². The smallest absolute Gasteiger partial charge is 0.359 e. The van der Waals surface area contributed by atoms with E-state index in [0.717, 1.165) is 10.0 Å². The van der Waals surface area contributed by atoms with Crippen LogP contribution in [-0.2, 0) is 11.2 Å². The molecule has 122 valence electrons. The van der Waals surface area contributed by atoms with Crippen molar-refractivity contribution >= 4 is 33.5 Å². The Balaban J connectivity index is 2.73. The first-order valence-electron chi connectivity index (χ1n) is 7.04. The normalized spacial score (nSPS) is 10.6. The summed E-state index contributed by atoms with van der Waals surface area (Å²) in [5.74, 6) is -1.46. The minimum Gasteiger partial charge on any atom is -0.461 e. The summed E-state index contributed by atoms with van der Waals surface area (Å²) in [6.45, 7) is 3.83. The average Bonchev–Trinajstić information content (AvgIpc) is 2.84. The van der Waals surface area contributed by atoms with Gasteiger partial charge in [0.25, 0.3) is 5.91 Å². The Morgan fingerprint density at radius 1 is 1.35 bits per heavy atom. The molecule has 0 aliphatic heterocycles. The Bertz CT molecular complexity index is 770. The van der Waals surface area contributed by atoms with Crippen LogP contribution >= 0.6 is 15.9 Å². The topological polar surface area (TPSA) is 113 Å². The maximum atomic E-state index is 12.2. The zero-order valence-electron chi connectivity index (χ0n) is 12.8. The number of hydrogen-bond donors (Lipinski definition) is 2. The number of anilines is 1. The first kappa shape index (κ1) is 17.0. The molecule has 0 atom stereocenters. The lowest BCUT2D eigenvalue weighted by Gasteiger charge is -2.11. The van der Waals surface area contributed by atoms with E-state index in [0.29, 0.717) is 12.1 Å². The zero-order valence-corrected chi connectivity index (χ0v) is 14.4. The maximum absolute atomic E-state index is 12.2. The van der Waals surface area contributed by atoms with Crippen molar-refractivity contribution in [3.8, 4) is 5.69 Å². The number of benzene rings is 1. The first-order valence-corrected chi connectivity index (χ1v) is 7.84. The Kier molecular flexibility index (Phi) is 5.05. The van der Waals surface area contributed by atoms with Crippen LogP contribution in [0.2, 0.25) is 0 Å². The Morgan fingerprint density at radius 2 is 2.04 bits per heavy atom. The van der Waals surface area contributed by atoms with Crippen molar-refractivity contribution in [1.29, 1.82) is 0 Å². The van der Waals surface area contributed by atoms with Gasteiger partial charge < -0.3 is 16.2 Å². The second-order valence-electron chi connectivity index (χ2n) is 4.73. The number of amides is 1. The van der Waals surface area contributed by atoms with E-state index < -0.39 is 11.9 Å². The van der Waals surface area contributed by atoms with Crippen LogP contribution in [0.3, 0.4) is 0 Å². The van der Waals surface area contributed by atoms with E-state index in [9.17, 15) is 9.59 Å². The van der Waals surface area contributed by atoms with Gasteiger partial charge in [-0.05, 0) is 37.1 Å². The van der Waals surface area contributed by atoms with Gasteiger partial charge in [0.1, 0.15) is 0 Å². The summed E-state index contributed by atoms with van der Waals surface area (Å²) in [6, 6.07) is 5.50. The highest BCUT2D eigenvalue weighted by Crippen LogP contribution is 2.26. The number of carbonyl (C=O) groups excluding carboxylic acids is 2. The van der Waals surface area contributed by atoms with E-state index in [1.165, 1.54) is 4.68 Å². The minimum absolute atomic E-state index is 0.00216. The number of rotatable bonds is 5. The van der Waals surface area contributed by atoms with Crippen LogP contribution in [-0.4, -0.2) is 28.3 Å². The SMILES string of the molecule is CCOC(=O)c1c(N)c(C(N)=O)nn1-c1ccc(Br)cc1CC. The lowest BCUT2D eigenvalue weighted by molar-refractivity contribution is 0.0517. The van der Waals surface area contributed by atoms with Gasteiger partial charge in [0.15, 0.2) is 11.4 Å². The predicted molar refractivity (Wildman–Crippen MR) is 89.5 cm³/mol. The number of hydrogen-bond acceptors (Lipinski definition) is 5. The van der Waals surface area contributed by atoms with Gasteiger partial charge in [0.2, 0.25) is 0 Å².